The van der Waals surface area contributed by atoms with Gasteiger partial charge in [0.2, 0.25) is 0 Å². The van der Waals surface area contributed by atoms with E-state index in [0.717, 1.165) is 37.8 Å². The van der Waals surface area contributed by atoms with Crippen LogP contribution in [0.1, 0.15) is 31.2 Å². The molecule has 2 atom stereocenters. The summed E-state index contributed by atoms with van der Waals surface area (Å²) in [6, 6.07) is 3.54. The number of benzene rings is 1. The van der Waals surface area contributed by atoms with E-state index in [9.17, 15) is 13.2 Å². The first-order chi connectivity index (χ1) is 8.86. The Bertz CT molecular complexity index is 450. The van der Waals surface area contributed by atoms with Gasteiger partial charge < -0.3 is 10.5 Å². The van der Waals surface area contributed by atoms with Gasteiger partial charge in [0.1, 0.15) is 11.9 Å². The molecule has 6 heteroatoms. The van der Waals surface area contributed by atoms with Crippen LogP contribution in [0.2, 0.25) is 0 Å². The highest BCUT2D eigenvalue weighted by Crippen LogP contribution is 2.36. The van der Waals surface area contributed by atoms with Crippen LogP contribution in [-0.2, 0) is 6.18 Å². The third kappa shape index (κ3) is 3.86. The minimum absolute atomic E-state index is 0.0169. The number of ether oxygens (including phenoxy) is 1. The first-order valence-electron chi connectivity index (χ1n) is 6.15. The summed E-state index contributed by atoms with van der Waals surface area (Å²) in [7, 11) is 0. The second-order valence-corrected chi connectivity index (χ2v) is 5.66. The summed E-state index contributed by atoms with van der Waals surface area (Å²) >= 11 is 3.13. The van der Waals surface area contributed by atoms with Crippen LogP contribution in [0.4, 0.5) is 13.2 Å². The van der Waals surface area contributed by atoms with Gasteiger partial charge in [-0.1, -0.05) is 0 Å². The third-order valence-corrected chi connectivity index (χ3v) is 3.84. The Morgan fingerprint density at radius 2 is 2.00 bits per heavy atom. The quantitative estimate of drug-likeness (QED) is 0.881. The van der Waals surface area contributed by atoms with Crippen molar-refractivity contribution in [1.82, 2.24) is 0 Å². The molecule has 0 saturated heterocycles. The molecule has 2 nitrogen and oxygen atoms in total. The molecule has 1 saturated carbocycles. The fraction of sp³-hybridized carbons (Fsp3) is 0.538. The van der Waals surface area contributed by atoms with Crippen molar-refractivity contribution in [3.63, 3.8) is 0 Å². The zero-order valence-electron chi connectivity index (χ0n) is 10.2. The number of alkyl halides is 3. The maximum absolute atomic E-state index is 12.5. The van der Waals surface area contributed by atoms with Gasteiger partial charge in [-0.25, -0.2) is 0 Å². The fourth-order valence-electron chi connectivity index (χ4n) is 2.24. The summed E-state index contributed by atoms with van der Waals surface area (Å²) in [5.41, 5.74) is 5.17. The lowest BCUT2D eigenvalue weighted by Gasteiger charge is -2.27. The Kier molecular flexibility index (Phi) is 4.40. The molecule has 0 aliphatic heterocycles. The average Bonchev–Trinajstić information content (AvgIpc) is 2.30. The van der Waals surface area contributed by atoms with E-state index in [0.29, 0.717) is 10.2 Å². The number of hydrogen-bond donors (Lipinski definition) is 1. The van der Waals surface area contributed by atoms with E-state index in [1.54, 1.807) is 0 Å². The molecule has 1 aromatic rings. The third-order valence-electron chi connectivity index (χ3n) is 3.22. The van der Waals surface area contributed by atoms with Gasteiger partial charge in [-0.05, 0) is 59.8 Å². The van der Waals surface area contributed by atoms with Crippen molar-refractivity contribution in [1.29, 1.82) is 0 Å². The first kappa shape index (κ1) is 14.7. The van der Waals surface area contributed by atoms with Gasteiger partial charge in [0.05, 0.1) is 10.0 Å². The van der Waals surface area contributed by atoms with E-state index < -0.39 is 11.7 Å². The summed E-state index contributed by atoms with van der Waals surface area (Å²) in [5, 5.41) is 0. The Morgan fingerprint density at radius 3 is 2.58 bits per heavy atom. The fourth-order valence-corrected chi connectivity index (χ4v) is 2.71. The number of nitrogens with two attached hydrogens (primary N) is 1. The maximum atomic E-state index is 12.5. The lowest BCUT2D eigenvalue weighted by molar-refractivity contribution is -0.137. The standard InChI is InChI=1S/C13H15BrF3NO/c14-11-6-8(13(15,16)17)4-5-12(11)19-10-3-1-2-9(18)7-10/h4-6,9-10H,1-3,7,18H2. The predicted octanol–water partition coefficient (Wildman–Crippen LogP) is 4.12. The molecule has 0 heterocycles. The van der Waals surface area contributed by atoms with Gasteiger partial charge in [0, 0.05) is 6.04 Å². The van der Waals surface area contributed by atoms with Crippen molar-refractivity contribution >= 4 is 15.9 Å². The van der Waals surface area contributed by atoms with Crippen LogP contribution in [-0.4, -0.2) is 12.1 Å². The summed E-state index contributed by atoms with van der Waals surface area (Å²) in [5.74, 6) is 0.437. The SMILES string of the molecule is NC1CCCC(Oc2ccc(C(F)(F)F)cc2Br)C1. The lowest BCUT2D eigenvalue weighted by Crippen LogP contribution is -2.33. The molecule has 1 fully saturated rings. The lowest BCUT2D eigenvalue weighted by atomic mass is 9.93. The van der Waals surface area contributed by atoms with Crippen LogP contribution < -0.4 is 10.5 Å². The van der Waals surface area contributed by atoms with Crippen LogP contribution >= 0.6 is 15.9 Å². The smallest absolute Gasteiger partial charge is 0.416 e. The highest BCUT2D eigenvalue weighted by atomic mass is 79.9. The molecule has 0 aromatic heterocycles. The molecule has 1 aliphatic rings. The zero-order chi connectivity index (χ0) is 14.0. The molecular formula is C13H15BrF3NO. The van der Waals surface area contributed by atoms with E-state index in [2.05, 4.69) is 15.9 Å². The van der Waals surface area contributed by atoms with Gasteiger partial charge >= 0.3 is 6.18 Å². The van der Waals surface area contributed by atoms with Crippen LogP contribution in [0.5, 0.6) is 5.75 Å². The van der Waals surface area contributed by atoms with Crippen molar-refractivity contribution in [2.24, 2.45) is 5.73 Å². The molecule has 1 aromatic carbocycles. The molecular weight excluding hydrogens is 323 g/mol. The highest BCUT2D eigenvalue weighted by Gasteiger charge is 2.31. The van der Waals surface area contributed by atoms with Crippen molar-refractivity contribution < 1.29 is 17.9 Å². The number of rotatable bonds is 2. The van der Waals surface area contributed by atoms with E-state index in [1.807, 2.05) is 0 Å². The van der Waals surface area contributed by atoms with Crippen LogP contribution in [0, 0.1) is 0 Å². The molecule has 106 valence electrons. The normalized spacial score (nSPS) is 24.3. The predicted molar refractivity (Wildman–Crippen MR) is 70.0 cm³/mol. The summed E-state index contributed by atoms with van der Waals surface area (Å²) in [4.78, 5) is 0. The minimum Gasteiger partial charge on any atom is -0.489 e. The summed E-state index contributed by atoms with van der Waals surface area (Å²) in [6.45, 7) is 0. The van der Waals surface area contributed by atoms with Crippen molar-refractivity contribution in [3.05, 3.63) is 28.2 Å². The van der Waals surface area contributed by atoms with Crippen molar-refractivity contribution in [3.8, 4) is 5.75 Å². The second kappa shape index (κ2) is 5.71. The Labute approximate surface area is 118 Å². The average molecular weight is 338 g/mol. The summed E-state index contributed by atoms with van der Waals surface area (Å²) < 4.78 is 43.6. The zero-order valence-corrected chi connectivity index (χ0v) is 11.8. The molecule has 0 spiro atoms. The van der Waals surface area contributed by atoms with E-state index in [4.69, 9.17) is 10.5 Å². The topological polar surface area (TPSA) is 35.2 Å². The Morgan fingerprint density at radius 1 is 1.26 bits per heavy atom. The molecule has 0 amide bonds. The first-order valence-corrected chi connectivity index (χ1v) is 6.94. The van der Waals surface area contributed by atoms with Crippen molar-refractivity contribution in [2.75, 3.05) is 0 Å². The van der Waals surface area contributed by atoms with Crippen LogP contribution in [0.3, 0.4) is 0 Å². The van der Waals surface area contributed by atoms with Crippen LogP contribution in [0.15, 0.2) is 22.7 Å². The summed E-state index contributed by atoms with van der Waals surface area (Å²) in [6.07, 6.45) is -0.752. The van der Waals surface area contributed by atoms with Gasteiger partial charge in [0.15, 0.2) is 0 Å². The second-order valence-electron chi connectivity index (χ2n) is 4.81. The molecule has 0 radical (unpaired) electrons. The molecule has 0 bridgehead atoms. The molecule has 19 heavy (non-hydrogen) atoms. The van der Waals surface area contributed by atoms with Gasteiger partial charge in [-0.2, -0.15) is 13.2 Å². The van der Waals surface area contributed by atoms with Crippen molar-refractivity contribution in [2.45, 2.75) is 44.0 Å². The largest absolute Gasteiger partial charge is 0.489 e. The van der Waals surface area contributed by atoms with Gasteiger partial charge in [0.25, 0.3) is 0 Å². The molecule has 1 aliphatic carbocycles. The number of hydrogen-bond acceptors (Lipinski definition) is 2. The van der Waals surface area contributed by atoms with Gasteiger partial charge in [-0.3, -0.25) is 0 Å². The Balaban J connectivity index is 2.09. The monoisotopic (exact) mass is 337 g/mol. The van der Waals surface area contributed by atoms with E-state index in [-0.39, 0.29) is 12.1 Å². The maximum Gasteiger partial charge on any atom is 0.416 e. The Hall–Kier alpha value is -0.750. The highest BCUT2D eigenvalue weighted by molar-refractivity contribution is 9.10. The van der Waals surface area contributed by atoms with E-state index >= 15 is 0 Å². The number of halogens is 4. The molecule has 2 unspecified atom stereocenters. The van der Waals surface area contributed by atoms with Crippen LogP contribution in [0.25, 0.3) is 0 Å². The molecule has 2 rings (SSSR count). The molecule has 2 N–H and O–H groups in total. The minimum atomic E-state index is -4.34. The van der Waals surface area contributed by atoms with Gasteiger partial charge in [-0.15, -0.1) is 0 Å². The van der Waals surface area contributed by atoms with E-state index in [1.165, 1.54) is 6.07 Å².